The molecule has 5 aliphatic carbocycles. The molecule has 92 valence electrons. The highest BCUT2D eigenvalue weighted by Gasteiger charge is 2.54. The molecule has 5 saturated carbocycles. The highest BCUT2D eigenvalue weighted by molar-refractivity contribution is 5.11. The van der Waals surface area contributed by atoms with Gasteiger partial charge in [0.1, 0.15) is 0 Å². The third-order valence-corrected chi connectivity index (χ3v) is 6.43. The van der Waals surface area contributed by atoms with E-state index in [0.717, 1.165) is 17.8 Å². The summed E-state index contributed by atoms with van der Waals surface area (Å²) in [6.07, 6.45) is 14.0. The molecule has 17 heavy (non-hydrogen) atoms. The lowest BCUT2D eigenvalue weighted by Gasteiger charge is -2.59. The van der Waals surface area contributed by atoms with Crippen molar-refractivity contribution in [1.29, 1.82) is 5.26 Å². The summed E-state index contributed by atoms with van der Waals surface area (Å²) in [4.78, 5) is 0. The molecule has 0 aliphatic heterocycles. The maximum atomic E-state index is 9.49. The van der Waals surface area contributed by atoms with Gasteiger partial charge in [0.05, 0.1) is 11.5 Å². The summed E-state index contributed by atoms with van der Waals surface area (Å²) in [7, 11) is 0. The van der Waals surface area contributed by atoms with Crippen LogP contribution in [0.15, 0.2) is 0 Å². The van der Waals surface area contributed by atoms with Crippen LogP contribution in [0.2, 0.25) is 0 Å². The first-order chi connectivity index (χ1) is 8.21. The zero-order chi connectivity index (χ0) is 11.5. The summed E-state index contributed by atoms with van der Waals surface area (Å²) in [5, 5.41) is 9.49. The minimum atomic E-state index is 0.117. The fraction of sp³-hybridized carbons (Fsp3) is 0.938. The molecule has 0 atom stereocenters. The zero-order valence-electron chi connectivity index (χ0n) is 10.8. The summed E-state index contributed by atoms with van der Waals surface area (Å²) in [6, 6.07) is 2.69. The van der Waals surface area contributed by atoms with E-state index in [4.69, 9.17) is 0 Å². The van der Waals surface area contributed by atoms with Gasteiger partial charge >= 0.3 is 0 Å². The maximum absolute atomic E-state index is 9.49. The van der Waals surface area contributed by atoms with E-state index in [-0.39, 0.29) is 5.41 Å². The molecule has 0 radical (unpaired) electrons. The Kier molecular flexibility index (Phi) is 2.01. The predicted octanol–water partition coefficient (Wildman–Crippen LogP) is 4.29. The second-order valence-corrected chi connectivity index (χ2v) is 7.84. The smallest absolute Gasteiger partial charge is 0.0689 e. The summed E-state index contributed by atoms with van der Waals surface area (Å²) in [5.74, 6) is 3.12. The first-order valence-corrected chi connectivity index (χ1v) is 7.62. The van der Waals surface area contributed by atoms with E-state index in [9.17, 15) is 5.26 Å². The second-order valence-electron chi connectivity index (χ2n) is 7.84. The van der Waals surface area contributed by atoms with E-state index in [2.05, 4.69) is 6.07 Å². The predicted molar refractivity (Wildman–Crippen MR) is 67.1 cm³/mol. The van der Waals surface area contributed by atoms with Gasteiger partial charge in [0.25, 0.3) is 0 Å². The van der Waals surface area contributed by atoms with E-state index in [0.29, 0.717) is 5.41 Å². The molecule has 0 aromatic rings. The maximum Gasteiger partial charge on any atom is 0.0689 e. The van der Waals surface area contributed by atoms with Gasteiger partial charge in [-0.25, -0.2) is 0 Å². The molecule has 5 aliphatic rings. The lowest BCUT2D eigenvalue weighted by Crippen LogP contribution is -2.49. The molecule has 0 aromatic carbocycles. The number of hydrogen-bond donors (Lipinski definition) is 0. The van der Waals surface area contributed by atoms with E-state index < -0.39 is 0 Å². The van der Waals surface area contributed by atoms with Crippen LogP contribution >= 0.6 is 0 Å². The van der Waals surface area contributed by atoms with Gasteiger partial charge in [0, 0.05) is 0 Å². The summed E-state index contributed by atoms with van der Waals surface area (Å²) < 4.78 is 0. The molecule has 1 heteroatoms. The van der Waals surface area contributed by atoms with Crippen molar-refractivity contribution in [3.8, 4) is 6.07 Å². The minimum absolute atomic E-state index is 0.117. The van der Waals surface area contributed by atoms with Crippen LogP contribution in [0.4, 0.5) is 0 Å². The Hall–Kier alpha value is -0.510. The summed E-state index contributed by atoms with van der Waals surface area (Å²) in [5.41, 5.74) is 0.733. The number of rotatable bonds is 2. The Morgan fingerprint density at radius 2 is 1.47 bits per heavy atom. The van der Waals surface area contributed by atoms with Crippen LogP contribution in [0.25, 0.3) is 0 Å². The Morgan fingerprint density at radius 3 is 1.82 bits per heavy atom. The van der Waals surface area contributed by atoms with Gasteiger partial charge in [0.15, 0.2) is 0 Å². The molecule has 5 rings (SSSR count). The fourth-order valence-corrected chi connectivity index (χ4v) is 6.16. The van der Waals surface area contributed by atoms with E-state index in [1.807, 2.05) is 0 Å². The average molecular weight is 229 g/mol. The van der Waals surface area contributed by atoms with Gasteiger partial charge in [-0.3, -0.25) is 0 Å². The van der Waals surface area contributed by atoms with Gasteiger partial charge in [0.2, 0.25) is 0 Å². The SMILES string of the molecule is N#CC1(CC23CC4CC(CC(C4)C2)C3)CCC1. The van der Waals surface area contributed by atoms with Crippen molar-refractivity contribution in [2.45, 2.75) is 64.2 Å². The van der Waals surface area contributed by atoms with Crippen molar-refractivity contribution in [2.24, 2.45) is 28.6 Å². The van der Waals surface area contributed by atoms with Crippen LogP contribution in [0.1, 0.15) is 64.2 Å². The normalized spacial score (nSPS) is 49.7. The average Bonchev–Trinajstić information content (AvgIpc) is 2.21. The van der Waals surface area contributed by atoms with Gasteiger partial charge in [-0.1, -0.05) is 6.42 Å². The second kappa shape index (κ2) is 3.28. The number of nitrogens with zero attached hydrogens (tertiary/aromatic N) is 1. The molecule has 5 fully saturated rings. The summed E-state index contributed by atoms with van der Waals surface area (Å²) in [6.45, 7) is 0. The topological polar surface area (TPSA) is 23.8 Å². The van der Waals surface area contributed by atoms with E-state index >= 15 is 0 Å². The fourth-order valence-electron chi connectivity index (χ4n) is 6.16. The lowest BCUT2D eigenvalue weighted by atomic mass is 9.45. The molecule has 1 nitrogen and oxygen atoms in total. The number of hydrogen-bond acceptors (Lipinski definition) is 1. The van der Waals surface area contributed by atoms with Gasteiger partial charge in [-0.15, -0.1) is 0 Å². The third kappa shape index (κ3) is 1.49. The van der Waals surface area contributed by atoms with Gasteiger partial charge in [-0.2, -0.15) is 5.26 Å². The molecule has 4 bridgehead atoms. The van der Waals surface area contributed by atoms with E-state index in [1.54, 1.807) is 0 Å². The molecule has 0 spiro atoms. The van der Waals surface area contributed by atoms with Gasteiger partial charge < -0.3 is 0 Å². The molecule has 0 amide bonds. The first-order valence-electron chi connectivity index (χ1n) is 7.62. The molecular formula is C16H23N. The van der Waals surface area contributed by atoms with E-state index in [1.165, 1.54) is 64.2 Å². The Bertz CT molecular complexity index is 336. The monoisotopic (exact) mass is 229 g/mol. The Labute approximate surface area is 105 Å². The van der Waals surface area contributed by atoms with Crippen LogP contribution in [0.3, 0.4) is 0 Å². The Morgan fingerprint density at radius 1 is 0.941 bits per heavy atom. The van der Waals surface area contributed by atoms with Crippen molar-refractivity contribution in [1.82, 2.24) is 0 Å². The quantitative estimate of drug-likeness (QED) is 0.693. The van der Waals surface area contributed by atoms with Crippen LogP contribution < -0.4 is 0 Å². The summed E-state index contributed by atoms with van der Waals surface area (Å²) >= 11 is 0. The van der Waals surface area contributed by atoms with Crippen molar-refractivity contribution in [2.75, 3.05) is 0 Å². The molecular weight excluding hydrogens is 206 g/mol. The van der Waals surface area contributed by atoms with Crippen molar-refractivity contribution in [3.05, 3.63) is 0 Å². The number of nitriles is 1. The molecule has 0 heterocycles. The highest BCUT2D eigenvalue weighted by Crippen LogP contribution is 2.64. The highest BCUT2D eigenvalue weighted by atomic mass is 14.6. The Balaban J connectivity index is 1.59. The molecule has 0 N–H and O–H groups in total. The van der Waals surface area contributed by atoms with Crippen LogP contribution in [0, 0.1) is 39.9 Å². The van der Waals surface area contributed by atoms with Crippen LogP contribution in [-0.2, 0) is 0 Å². The molecule has 0 unspecified atom stereocenters. The largest absolute Gasteiger partial charge is 0.198 e. The van der Waals surface area contributed by atoms with Crippen molar-refractivity contribution >= 4 is 0 Å². The minimum Gasteiger partial charge on any atom is -0.198 e. The molecule has 0 aromatic heterocycles. The van der Waals surface area contributed by atoms with Gasteiger partial charge in [-0.05, 0) is 81.0 Å². The van der Waals surface area contributed by atoms with Crippen LogP contribution in [0.5, 0.6) is 0 Å². The third-order valence-electron chi connectivity index (χ3n) is 6.43. The molecule has 0 saturated heterocycles. The van der Waals surface area contributed by atoms with Crippen LogP contribution in [-0.4, -0.2) is 0 Å². The lowest BCUT2D eigenvalue weighted by molar-refractivity contribution is -0.0807. The zero-order valence-corrected chi connectivity index (χ0v) is 10.8. The standard InChI is InChI=1S/C16H23N/c17-11-15(2-1-3-15)10-16-7-12-4-13(8-16)6-14(5-12)9-16/h12-14H,1-10H2. The van der Waals surface area contributed by atoms with Crippen molar-refractivity contribution < 1.29 is 0 Å². The first kappa shape index (κ1) is 10.4. The van der Waals surface area contributed by atoms with Crippen molar-refractivity contribution in [3.63, 3.8) is 0 Å².